The van der Waals surface area contributed by atoms with Crippen LogP contribution >= 0.6 is 0 Å². The summed E-state index contributed by atoms with van der Waals surface area (Å²) in [6.45, 7) is 0.211. The molecule has 122 valence electrons. The summed E-state index contributed by atoms with van der Waals surface area (Å²) in [5, 5.41) is 14.5. The van der Waals surface area contributed by atoms with Crippen LogP contribution in [0.5, 0.6) is 5.88 Å². The third-order valence-electron chi connectivity index (χ3n) is 4.61. The van der Waals surface area contributed by atoms with E-state index >= 15 is 0 Å². The van der Waals surface area contributed by atoms with Crippen molar-refractivity contribution in [2.75, 3.05) is 0 Å². The van der Waals surface area contributed by atoms with Crippen molar-refractivity contribution in [3.8, 4) is 5.88 Å². The van der Waals surface area contributed by atoms with Crippen LogP contribution in [-0.4, -0.2) is 27.4 Å². The van der Waals surface area contributed by atoms with Gasteiger partial charge in [0.2, 0.25) is 5.78 Å². The number of ketones is 2. The Kier molecular flexibility index (Phi) is 3.35. The number of carbonyl (C=O) groups excluding carboxylic acids is 2. The third-order valence-corrected chi connectivity index (χ3v) is 4.61. The molecule has 2 atom stereocenters. The molecule has 0 amide bonds. The predicted molar refractivity (Wildman–Crippen MR) is 82.5 cm³/mol. The molecule has 1 aromatic carbocycles. The van der Waals surface area contributed by atoms with Gasteiger partial charge in [-0.25, -0.2) is 0 Å². The van der Waals surface area contributed by atoms with Gasteiger partial charge in [-0.1, -0.05) is 36.4 Å². The number of ether oxygens (including phenoxy) is 1. The van der Waals surface area contributed by atoms with Crippen molar-refractivity contribution in [1.29, 1.82) is 0 Å². The second-order valence-corrected chi connectivity index (χ2v) is 6.06. The fourth-order valence-electron chi connectivity index (χ4n) is 3.28. The SMILES string of the molecule is O=C1C=CC[C@H]2Cc3onc(OCc4ccccc4)c3C(=O)[C@@]12O. The van der Waals surface area contributed by atoms with Crippen molar-refractivity contribution in [2.45, 2.75) is 25.0 Å². The molecule has 0 fully saturated rings. The molecule has 0 radical (unpaired) electrons. The Morgan fingerprint density at radius 1 is 1.29 bits per heavy atom. The fraction of sp³-hybridized carbons (Fsp3) is 0.278. The van der Waals surface area contributed by atoms with E-state index < -0.39 is 23.1 Å². The number of rotatable bonds is 3. The van der Waals surface area contributed by atoms with E-state index in [9.17, 15) is 14.7 Å². The summed E-state index contributed by atoms with van der Waals surface area (Å²) in [7, 11) is 0. The number of benzene rings is 1. The van der Waals surface area contributed by atoms with Gasteiger partial charge in [-0.2, -0.15) is 0 Å². The van der Waals surface area contributed by atoms with Crippen LogP contribution in [0, 0.1) is 5.92 Å². The molecule has 0 unspecified atom stereocenters. The zero-order valence-corrected chi connectivity index (χ0v) is 12.8. The summed E-state index contributed by atoms with van der Waals surface area (Å²) in [5.74, 6) is -1.42. The lowest BCUT2D eigenvalue weighted by molar-refractivity contribution is -0.133. The Balaban J connectivity index is 1.65. The van der Waals surface area contributed by atoms with E-state index in [1.807, 2.05) is 30.3 Å². The maximum Gasteiger partial charge on any atom is 0.265 e. The Labute approximate surface area is 137 Å². The van der Waals surface area contributed by atoms with Gasteiger partial charge in [0.1, 0.15) is 12.2 Å². The van der Waals surface area contributed by atoms with E-state index in [-0.39, 0.29) is 24.5 Å². The first-order chi connectivity index (χ1) is 11.6. The van der Waals surface area contributed by atoms with Gasteiger partial charge in [0.25, 0.3) is 5.88 Å². The number of hydrogen-bond donors (Lipinski definition) is 1. The number of nitrogens with zero attached hydrogens (tertiary/aromatic N) is 1. The second-order valence-electron chi connectivity index (χ2n) is 6.06. The summed E-state index contributed by atoms with van der Waals surface area (Å²) in [5.41, 5.74) is -1.06. The number of Topliss-reactive ketones (excluding diaryl/α,β-unsaturated/α-hetero) is 1. The monoisotopic (exact) mass is 325 g/mol. The molecule has 0 saturated carbocycles. The molecule has 2 aromatic rings. The molecule has 0 aliphatic heterocycles. The van der Waals surface area contributed by atoms with E-state index in [4.69, 9.17) is 9.26 Å². The fourth-order valence-corrected chi connectivity index (χ4v) is 3.28. The van der Waals surface area contributed by atoms with E-state index in [0.717, 1.165) is 5.56 Å². The maximum atomic E-state index is 12.8. The van der Waals surface area contributed by atoms with E-state index in [0.29, 0.717) is 12.2 Å². The van der Waals surface area contributed by atoms with Crippen LogP contribution in [0.2, 0.25) is 0 Å². The van der Waals surface area contributed by atoms with Gasteiger partial charge in [-0.05, 0) is 23.2 Å². The van der Waals surface area contributed by atoms with Crippen LogP contribution in [0.15, 0.2) is 47.0 Å². The molecule has 1 aromatic heterocycles. The van der Waals surface area contributed by atoms with Gasteiger partial charge >= 0.3 is 0 Å². The van der Waals surface area contributed by atoms with Crippen LogP contribution in [0.3, 0.4) is 0 Å². The van der Waals surface area contributed by atoms with Crippen LogP contribution in [0.1, 0.15) is 28.1 Å². The summed E-state index contributed by atoms with van der Waals surface area (Å²) < 4.78 is 10.8. The lowest BCUT2D eigenvalue weighted by atomic mass is 9.68. The van der Waals surface area contributed by atoms with Crippen molar-refractivity contribution in [1.82, 2.24) is 5.16 Å². The number of carbonyl (C=O) groups is 2. The largest absolute Gasteiger partial charge is 0.470 e. The van der Waals surface area contributed by atoms with Gasteiger partial charge < -0.3 is 14.4 Å². The molecular weight excluding hydrogens is 310 g/mol. The van der Waals surface area contributed by atoms with Crippen molar-refractivity contribution >= 4 is 11.6 Å². The minimum atomic E-state index is -2.04. The van der Waals surface area contributed by atoms with Gasteiger partial charge in [0.15, 0.2) is 17.1 Å². The maximum absolute atomic E-state index is 12.8. The summed E-state index contributed by atoms with van der Waals surface area (Å²) >= 11 is 0. The van der Waals surface area contributed by atoms with Crippen molar-refractivity contribution in [3.05, 3.63) is 59.4 Å². The molecule has 0 spiro atoms. The quantitative estimate of drug-likeness (QED) is 0.867. The van der Waals surface area contributed by atoms with Crippen molar-refractivity contribution < 1.29 is 24.0 Å². The van der Waals surface area contributed by atoms with Gasteiger partial charge in [0, 0.05) is 12.3 Å². The van der Waals surface area contributed by atoms with Crippen LogP contribution < -0.4 is 4.74 Å². The molecule has 4 rings (SSSR count). The third kappa shape index (κ3) is 2.11. The molecule has 0 bridgehead atoms. The Hall–Kier alpha value is -2.73. The highest BCUT2D eigenvalue weighted by Gasteiger charge is 2.56. The zero-order chi connectivity index (χ0) is 16.7. The van der Waals surface area contributed by atoms with E-state index in [1.165, 1.54) is 6.08 Å². The highest BCUT2D eigenvalue weighted by Crippen LogP contribution is 2.41. The highest BCUT2D eigenvalue weighted by atomic mass is 16.5. The number of hydrogen-bond acceptors (Lipinski definition) is 6. The number of allylic oxidation sites excluding steroid dienone is 1. The van der Waals surface area contributed by atoms with Crippen LogP contribution in [0.4, 0.5) is 0 Å². The molecule has 1 heterocycles. The molecule has 0 saturated heterocycles. The zero-order valence-electron chi connectivity index (χ0n) is 12.8. The average Bonchev–Trinajstić information content (AvgIpc) is 3.00. The first kappa shape index (κ1) is 14.8. The lowest BCUT2D eigenvalue weighted by Crippen LogP contribution is -2.56. The summed E-state index contributed by atoms with van der Waals surface area (Å²) in [6.07, 6.45) is 3.64. The molecule has 2 aliphatic rings. The highest BCUT2D eigenvalue weighted by molar-refractivity contribution is 6.22. The van der Waals surface area contributed by atoms with E-state index in [2.05, 4.69) is 5.16 Å². The standard InChI is InChI=1S/C18H15NO5/c20-14-8-4-7-12-9-13-15(16(21)18(12,14)22)17(19-24-13)23-10-11-5-2-1-3-6-11/h1-6,8,12,22H,7,9-10H2/t12-,18-/m0/s1. The van der Waals surface area contributed by atoms with Gasteiger partial charge in [-0.15, -0.1) is 0 Å². The molecule has 24 heavy (non-hydrogen) atoms. The summed E-state index contributed by atoms with van der Waals surface area (Å²) in [4.78, 5) is 24.9. The average molecular weight is 325 g/mol. The number of fused-ring (bicyclic) bond motifs is 2. The van der Waals surface area contributed by atoms with Gasteiger partial charge in [0.05, 0.1) is 0 Å². The molecule has 6 heteroatoms. The normalized spacial score (nSPS) is 25.3. The molecule has 2 aliphatic carbocycles. The topological polar surface area (TPSA) is 89.6 Å². The van der Waals surface area contributed by atoms with Gasteiger partial charge in [-0.3, -0.25) is 9.59 Å². The van der Waals surface area contributed by atoms with E-state index in [1.54, 1.807) is 6.08 Å². The van der Waals surface area contributed by atoms with Crippen molar-refractivity contribution in [3.63, 3.8) is 0 Å². The first-order valence-corrected chi connectivity index (χ1v) is 7.74. The lowest BCUT2D eigenvalue weighted by Gasteiger charge is -2.36. The van der Waals surface area contributed by atoms with Crippen LogP contribution in [-0.2, 0) is 17.8 Å². The first-order valence-electron chi connectivity index (χ1n) is 7.74. The minimum Gasteiger partial charge on any atom is -0.470 e. The minimum absolute atomic E-state index is 0.0214. The summed E-state index contributed by atoms with van der Waals surface area (Å²) in [6, 6.07) is 9.41. The smallest absolute Gasteiger partial charge is 0.265 e. The second kappa shape index (κ2) is 5.42. The Morgan fingerprint density at radius 3 is 2.88 bits per heavy atom. The number of aliphatic hydroxyl groups is 1. The Morgan fingerprint density at radius 2 is 2.08 bits per heavy atom. The van der Waals surface area contributed by atoms with Crippen molar-refractivity contribution in [2.24, 2.45) is 5.92 Å². The van der Waals surface area contributed by atoms with Crippen LogP contribution in [0.25, 0.3) is 0 Å². The molecule has 6 nitrogen and oxygen atoms in total. The predicted octanol–water partition coefficient (Wildman–Crippen LogP) is 1.87. The molecule has 1 N–H and O–H groups in total. The number of aromatic nitrogens is 1. The molecular formula is C18H15NO5. The Bertz CT molecular complexity index is 838.